The maximum Gasteiger partial charge on any atom is 0.236 e. The van der Waals surface area contributed by atoms with Gasteiger partial charge in [0.25, 0.3) is 0 Å². The topological polar surface area (TPSA) is 46.6 Å². The molecule has 21 heavy (non-hydrogen) atoms. The summed E-state index contributed by atoms with van der Waals surface area (Å²) in [6, 6.07) is 9.53. The summed E-state index contributed by atoms with van der Waals surface area (Å²) in [5.41, 5.74) is 0.906. The predicted molar refractivity (Wildman–Crippen MR) is 80.8 cm³/mol. The number of fused-ring (bicyclic) bond motifs is 5. The van der Waals surface area contributed by atoms with Crippen molar-refractivity contribution in [3.63, 3.8) is 0 Å². The molecule has 0 N–H and O–H groups in total. The van der Waals surface area contributed by atoms with Crippen molar-refractivity contribution >= 4 is 16.1 Å². The molecular formula is C16H19NO3S. The van der Waals surface area contributed by atoms with Gasteiger partial charge in [-0.2, -0.15) is 4.31 Å². The molecule has 1 aromatic rings. The molecule has 4 rings (SSSR count). The third-order valence-electron chi connectivity index (χ3n) is 5.01. The summed E-state index contributed by atoms with van der Waals surface area (Å²) in [5, 5.41) is 1.34. The van der Waals surface area contributed by atoms with Crippen LogP contribution in [-0.2, 0) is 14.8 Å². The van der Waals surface area contributed by atoms with Gasteiger partial charge >= 0.3 is 0 Å². The average Bonchev–Trinajstić information content (AvgIpc) is 3.18. The lowest BCUT2D eigenvalue weighted by Gasteiger charge is -2.18. The smallest absolute Gasteiger partial charge is 0.236 e. The molecule has 0 spiro atoms. The van der Waals surface area contributed by atoms with Gasteiger partial charge in [0.15, 0.2) is 0 Å². The van der Waals surface area contributed by atoms with Crippen LogP contribution in [0.2, 0.25) is 0 Å². The van der Waals surface area contributed by atoms with Crippen LogP contribution in [0.25, 0.3) is 6.08 Å². The number of hydrogen-bond donors (Lipinski definition) is 0. The molecule has 5 heteroatoms. The molecule has 4 nitrogen and oxygen atoms in total. The number of hydrogen-bond acceptors (Lipinski definition) is 3. The highest BCUT2D eigenvalue weighted by atomic mass is 32.2. The minimum atomic E-state index is -3.32. The van der Waals surface area contributed by atoms with Gasteiger partial charge < -0.3 is 4.74 Å². The lowest BCUT2D eigenvalue weighted by atomic mass is 9.82. The number of ether oxygens (including phenoxy) is 1. The Hall–Kier alpha value is -1.17. The lowest BCUT2D eigenvalue weighted by molar-refractivity contribution is 0.0780. The van der Waals surface area contributed by atoms with Gasteiger partial charge in [-0.25, -0.2) is 8.42 Å². The molecule has 2 bridgehead atoms. The molecular weight excluding hydrogens is 286 g/mol. The number of rotatable bonds is 3. The van der Waals surface area contributed by atoms with E-state index in [4.69, 9.17) is 4.74 Å². The molecule has 3 heterocycles. The fourth-order valence-electron chi connectivity index (χ4n) is 3.94. The van der Waals surface area contributed by atoms with E-state index in [9.17, 15) is 8.42 Å². The van der Waals surface area contributed by atoms with Crippen molar-refractivity contribution in [1.82, 2.24) is 4.31 Å². The van der Waals surface area contributed by atoms with Gasteiger partial charge in [0, 0.05) is 30.3 Å². The molecule has 3 saturated heterocycles. The standard InChI is InChI=1S/C16H19NO3S/c18-21(19,9-8-12-4-2-1-3-5-12)17-10-13-14(11-17)16-7-6-15(13)20-16/h1-5,8-9,13-16H,6-7,10-11H2. The van der Waals surface area contributed by atoms with Gasteiger partial charge in [-0.15, -0.1) is 0 Å². The second-order valence-corrected chi connectivity index (χ2v) is 8.01. The average molecular weight is 305 g/mol. The predicted octanol–water partition coefficient (Wildman–Crippen LogP) is 2.10. The first-order valence-electron chi connectivity index (χ1n) is 7.52. The van der Waals surface area contributed by atoms with Gasteiger partial charge in [-0.1, -0.05) is 30.3 Å². The Labute approximate surface area is 125 Å². The summed E-state index contributed by atoms with van der Waals surface area (Å²) < 4.78 is 32.5. The molecule has 0 aromatic heterocycles. The monoisotopic (exact) mass is 305 g/mol. The Balaban J connectivity index is 1.50. The zero-order chi connectivity index (χ0) is 14.4. The Bertz CT molecular complexity index is 637. The summed E-state index contributed by atoms with van der Waals surface area (Å²) in [6.07, 6.45) is 4.45. The summed E-state index contributed by atoms with van der Waals surface area (Å²) in [7, 11) is -3.32. The van der Waals surface area contributed by atoms with Crippen LogP contribution in [0.1, 0.15) is 18.4 Å². The second kappa shape index (κ2) is 4.93. The highest BCUT2D eigenvalue weighted by Gasteiger charge is 2.54. The SMILES string of the molecule is O=S(=O)(C=Cc1ccccc1)N1CC2C3CCC(O3)C2C1. The van der Waals surface area contributed by atoms with Crippen LogP contribution < -0.4 is 0 Å². The third kappa shape index (κ3) is 2.33. The third-order valence-corrected chi connectivity index (χ3v) is 6.51. The molecule has 0 aliphatic carbocycles. The Morgan fingerprint density at radius 2 is 1.67 bits per heavy atom. The van der Waals surface area contributed by atoms with Crippen molar-refractivity contribution in [2.24, 2.45) is 11.8 Å². The second-order valence-electron chi connectivity index (χ2n) is 6.19. The fraction of sp³-hybridized carbons (Fsp3) is 0.500. The van der Waals surface area contributed by atoms with Crippen LogP contribution in [0, 0.1) is 11.8 Å². The van der Waals surface area contributed by atoms with Crippen LogP contribution in [-0.4, -0.2) is 38.0 Å². The number of nitrogens with zero attached hydrogens (tertiary/aromatic N) is 1. The zero-order valence-corrected chi connectivity index (χ0v) is 12.6. The van der Waals surface area contributed by atoms with Gasteiger partial charge in [0.05, 0.1) is 12.2 Å². The molecule has 0 amide bonds. The van der Waals surface area contributed by atoms with Gasteiger partial charge in [-0.05, 0) is 24.5 Å². The van der Waals surface area contributed by atoms with Crippen LogP contribution in [0.3, 0.4) is 0 Å². The van der Waals surface area contributed by atoms with Crippen LogP contribution in [0.5, 0.6) is 0 Å². The van der Waals surface area contributed by atoms with E-state index in [1.165, 1.54) is 5.41 Å². The van der Waals surface area contributed by atoms with E-state index in [-0.39, 0.29) is 0 Å². The van der Waals surface area contributed by atoms with E-state index in [2.05, 4.69) is 0 Å². The van der Waals surface area contributed by atoms with Crippen molar-refractivity contribution in [2.45, 2.75) is 25.0 Å². The van der Waals surface area contributed by atoms with Crippen molar-refractivity contribution in [1.29, 1.82) is 0 Å². The van der Waals surface area contributed by atoms with E-state index in [1.807, 2.05) is 30.3 Å². The summed E-state index contributed by atoms with van der Waals surface area (Å²) in [4.78, 5) is 0. The lowest BCUT2D eigenvalue weighted by Crippen LogP contribution is -2.29. The Morgan fingerprint density at radius 1 is 1.05 bits per heavy atom. The van der Waals surface area contributed by atoms with Crippen LogP contribution >= 0.6 is 0 Å². The first-order chi connectivity index (χ1) is 10.1. The molecule has 3 fully saturated rings. The molecule has 112 valence electrons. The summed E-state index contributed by atoms with van der Waals surface area (Å²) in [6.45, 7) is 1.24. The Kier molecular flexibility index (Phi) is 3.17. The van der Waals surface area contributed by atoms with Crippen LogP contribution in [0.15, 0.2) is 35.7 Å². The minimum absolute atomic E-state index is 0.290. The highest BCUT2D eigenvalue weighted by Crippen LogP contribution is 2.47. The van der Waals surface area contributed by atoms with E-state index < -0.39 is 10.0 Å². The van der Waals surface area contributed by atoms with E-state index in [0.29, 0.717) is 37.1 Å². The molecule has 4 atom stereocenters. The Morgan fingerprint density at radius 3 is 2.29 bits per heavy atom. The number of benzene rings is 1. The van der Waals surface area contributed by atoms with E-state index >= 15 is 0 Å². The van der Waals surface area contributed by atoms with Gasteiger partial charge in [0.1, 0.15) is 0 Å². The minimum Gasteiger partial charge on any atom is -0.374 e. The van der Waals surface area contributed by atoms with Gasteiger partial charge in [-0.3, -0.25) is 0 Å². The first kappa shape index (κ1) is 13.5. The van der Waals surface area contributed by atoms with E-state index in [1.54, 1.807) is 10.4 Å². The summed E-state index contributed by atoms with van der Waals surface area (Å²) >= 11 is 0. The highest BCUT2D eigenvalue weighted by molar-refractivity contribution is 7.92. The number of sulfonamides is 1. The maximum absolute atomic E-state index is 12.5. The molecule has 3 aliphatic rings. The fourth-order valence-corrected chi connectivity index (χ4v) is 5.20. The zero-order valence-electron chi connectivity index (χ0n) is 11.8. The molecule has 1 aromatic carbocycles. The normalized spacial score (nSPS) is 35.6. The van der Waals surface area contributed by atoms with Crippen LogP contribution in [0.4, 0.5) is 0 Å². The van der Waals surface area contributed by atoms with Crippen molar-refractivity contribution < 1.29 is 13.2 Å². The maximum atomic E-state index is 12.5. The molecule has 3 aliphatic heterocycles. The van der Waals surface area contributed by atoms with E-state index in [0.717, 1.165) is 18.4 Å². The quantitative estimate of drug-likeness (QED) is 0.859. The molecule has 4 unspecified atom stereocenters. The van der Waals surface area contributed by atoms with Gasteiger partial charge in [0.2, 0.25) is 10.0 Å². The first-order valence-corrected chi connectivity index (χ1v) is 9.02. The molecule has 0 radical (unpaired) electrons. The molecule has 0 saturated carbocycles. The largest absolute Gasteiger partial charge is 0.374 e. The van der Waals surface area contributed by atoms with Crippen molar-refractivity contribution in [3.8, 4) is 0 Å². The van der Waals surface area contributed by atoms with Crippen molar-refractivity contribution in [3.05, 3.63) is 41.3 Å². The van der Waals surface area contributed by atoms with Crippen molar-refractivity contribution in [2.75, 3.05) is 13.1 Å². The summed E-state index contributed by atoms with van der Waals surface area (Å²) in [5.74, 6) is 0.812.